The molecule has 140 valence electrons. The number of fused-ring (bicyclic) bond motifs is 1. The van der Waals surface area contributed by atoms with E-state index < -0.39 is 0 Å². The Morgan fingerprint density at radius 1 is 0.852 bits per heavy atom. The SMILES string of the molecule is O=C(CSc1ccccc1C(=O)N1CCc2ccccc2C1)N1CCCC1. The summed E-state index contributed by atoms with van der Waals surface area (Å²) in [4.78, 5) is 30.2. The normalized spacial score (nSPS) is 16.3. The standard InChI is InChI=1S/C22H24N2O2S/c25-21(23-12-5-6-13-23)16-27-20-10-4-3-9-19(20)22(26)24-14-11-17-7-1-2-8-18(17)15-24/h1-4,7-10H,5-6,11-16H2. The van der Waals surface area contributed by atoms with E-state index in [-0.39, 0.29) is 11.8 Å². The lowest BCUT2D eigenvalue weighted by Gasteiger charge is -2.29. The average Bonchev–Trinajstić information content (AvgIpc) is 3.26. The van der Waals surface area contributed by atoms with Crippen molar-refractivity contribution in [3.05, 3.63) is 65.2 Å². The summed E-state index contributed by atoms with van der Waals surface area (Å²) in [6, 6.07) is 16.0. The van der Waals surface area contributed by atoms with Crippen molar-refractivity contribution in [2.75, 3.05) is 25.4 Å². The summed E-state index contributed by atoms with van der Waals surface area (Å²) < 4.78 is 0. The molecule has 0 spiro atoms. The second-order valence-corrected chi connectivity index (χ2v) is 8.14. The Morgan fingerprint density at radius 2 is 1.56 bits per heavy atom. The monoisotopic (exact) mass is 380 g/mol. The molecule has 0 aliphatic carbocycles. The lowest BCUT2D eigenvalue weighted by atomic mass is 9.99. The zero-order valence-corrected chi connectivity index (χ0v) is 16.2. The molecule has 0 N–H and O–H groups in total. The Kier molecular flexibility index (Phi) is 5.48. The Bertz CT molecular complexity index is 846. The number of carbonyl (C=O) groups is 2. The van der Waals surface area contributed by atoms with Crippen LogP contribution in [0.5, 0.6) is 0 Å². The molecule has 27 heavy (non-hydrogen) atoms. The van der Waals surface area contributed by atoms with E-state index in [1.165, 1.54) is 22.9 Å². The van der Waals surface area contributed by atoms with E-state index >= 15 is 0 Å². The van der Waals surface area contributed by atoms with Crippen molar-refractivity contribution in [1.82, 2.24) is 9.80 Å². The van der Waals surface area contributed by atoms with Crippen LogP contribution in [-0.4, -0.2) is 47.0 Å². The summed E-state index contributed by atoms with van der Waals surface area (Å²) in [7, 11) is 0. The van der Waals surface area contributed by atoms with Crippen LogP contribution in [0.3, 0.4) is 0 Å². The minimum atomic E-state index is 0.0567. The number of amides is 2. The molecule has 0 bridgehead atoms. The van der Waals surface area contributed by atoms with Crippen molar-refractivity contribution < 1.29 is 9.59 Å². The van der Waals surface area contributed by atoms with Crippen molar-refractivity contribution in [3.63, 3.8) is 0 Å². The van der Waals surface area contributed by atoms with Crippen LogP contribution in [-0.2, 0) is 17.8 Å². The van der Waals surface area contributed by atoms with E-state index in [1.807, 2.05) is 40.1 Å². The van der Waals surface area contributed by atoms with E-state index in [4.69, 9.17) is 0 Å². The van der Waals surface area contributed by atoms with Crippen molar-refractivity contribution in [1.29, 1.82) is 0 Å². The quantitative estimate of drug-likeness (QED) is 0.761. The topological polar surface area (TPSA) is 40.6 Å². The minimum Gasteiger partial charge on any atom is -0.342 e. The predicted molar refractivity (Wildman–Crippen MR) is 108 cm³/mol. The number of nitrogens with zero attached hydrogens (tertiary/aromatic N) is 2. The predicted octanol–water partition coefficient (Wildman–Crippen LogP) is 3.60. The zero-order valence-electron chi connectivity index (χ0n) is 15.4. The van der Waals surface area contributed by atoms with Gasteiger partial charge in [0.1, 0.15) is 0 Å². The summed E-state index contributed by atoms with van der Waals surface area (Å²) in [5.74, 6) is 0.625. The zero-order chi connectivity index (χ0) is 18.6. The van der Waals surface area contributed by atoms with Gasteiger partial charge in [0.15, 0.2) is 0 Å². The van der Waals surface area contributed by atoms with Crippen molar-refractivity contribution in [2.24, 2.45) is 0 Å². The molecule has 2 aromatic carbocycles. The molecule has 2 heterocycles. The highest BCUT2D eigenvalue weighted by atomic mass is 32.2. The van der Waals surface area contributed by atoms with Crippen LogP contribution in [0.1, 0.15) is 34.3 Å². The van der Waals surface area contributed by atoms with Gasteiger partial charge >= 0.3 is 0 Å². The van der Waals surface area contributed by atoms with Gasteiger partial charge in [-0.1, -0.05) is 36.4 Å². The van der Waals surface area contributed by atoms with Gasteiger partial charge in [-0.25, -0.2) is 0 Å². The second-order valence-electron chi connectivity index (χ2n) is 7.12. The van der Waals surface area contributed by atoms with E-state index in [0.717, 1.165) is 43.8 Å². The first kappa shape index (κ1) is 18.1. The van der Waals surface area contributed by atoms with Gasteiger partial charge in [0.2, 0.25) is 5.91 Å². The van der Waals surface area contributed by atoms with Crippen LogP contribution in [0, 0.1) is 0 Å². The lowest BCUT2D eigenvalue weighted by Crippen LogP contribution is -2.36. The molecule has 1 fully saturated rings. The van der Waals surface area contributed by atoms with Crippen molar-refractivity contribution >= 4 is 23.6 Å². The van der Waals surface area contributed by atoms with Gasteiger partial charge in [-0.2, -0.15) is 0 Å². The molecule has 2 aromatic rings. The highest BCUT2D eigenvalue weighted by Crippen LogP contribution is 2.27. The maximum Gasteiger partial charge on any atom is 0.255 e. The number of hydrogen-bond donors (Lipinski definition) is 0. The van der Waals surface area contributed by atoms with E-state index in [1.54, 1.807) is 0 Å². The summed E-state index contributed by atoms with van der Waals surface area (Å²) in [6.07, 6.45) is 3.09. The fraction of sp³-hybridized carbons (Fsp3) is 0.364. The summed E-state index contributed by atoms with van der Waals surface area (Å²) in [5, 5.41) is 0. The third-order valence-corrected chi connectivity index (χ3v) is 6.40. The molecule has 0 unspecified atom stereocenters. The first-order chi connectivity index (χ1) is 13.2. The highest BCUT2D eigenvalue weighted by Gasteiger charge is 2.24. The number of thioether (sulfide) groups is 1. The number of benzene rings is 2. The Hall–Kier alpha value is -2.27. The average molecular weight is 381 g/mol. The Balaban J connectivity index is 1.46. The fourth-order valence-corrected chi connectivity index (χ4v) is 4.75. The van der Waals surface area contributed by atoms with E-state index in [0.29, 0.717) is 17.9 Å². The third-order valence-electron chi connectivity index (χ3n) is 5.35. The third kappa shape index (κ3) is 4.03. The molecule has 0 aromatic heterocycles. The molecule has 4 nitrogen and oxygen atoms in total. The molecule has 0 saturated carbocycles. The summed E-state index contributed by atoms with van der Waals surface area (Å²) in [6.45, 7) is 3.13. The smallest absolute Gasteiger partial charge is 0.255 e. The molecule has 2 aliphatic rings. The molecule has 0 radical (unpaired) electrons. The van der Waals surface area contributed by atoms with Gasteiger partial charge in [0.05, 0.1) is 11.3 Å². The molecule has 4 rings (SSSR count). The first-order valence-electron chi connectivity index (χ1n) is 9.58. The molecule has 2 aliphatic heterocycles. The number of carbonyl (C=O) groups excluding carboxylic acids is 2. The maximum atomic E-state index is 13.1. The van der Waals surface area contributed by atoms with Gasteiger partial charge in [0.25, 0.3) is 5.91 Å². The number of likely N-dealkylation sites (tertiary alicyclic amines) is 1. The lowest BCUT2D eigenvalue weighted by molar-refractivity contribution is -0.127. The van der Waals surface area contributed by atoms with Crippen molar-refractivity contribution in [2.45, 2.75) is 30.7 Å². The minimum absolute atomic E-state index is 0.0567. The summed E-state index contributed by atoms with van der Waals surface area (Å²) in [5.41, 5.74) is 3.27. The van der Waals surface area contributed by atoms with Crippen LogP contribution < -0.4 is 0 Å². The Morgan fingerprint density at radius 3 is 2.37 bits per heavy atom. The number of rotatable bonds is 4. The maximum absolute atomic E-state index is 13.1. The molecular weight excluding hydrogens is 356 g/mol. The van der Waals surface area contributed by atoms with Crippen LogP contribution in [0.4, 0.5) is 0 Å². The molecule has 1 saturated heterocycles. The molecular formula is C22H24N2O2S. The van der Waals surface area contributed by atoms with Crippen LogP contribution in [0.25, 0.3) is 0 Å². The van der Waals surface area contributed by atoms with Gasteiger partial charge < -0.3 is 9.80 Å². The highest BCUT2D eigenvalue weighted by molar-refractivity contribution is 8.00. The van der Waals surface area contributed by atoms with Crippen LogP contribution >= 0.6 is 11.8 Å². The Labute approximate surface area is 164 Å². The van der Waals surface area contributed by atoms with Crippen molar-refractivity contribution in [3.8, 4) is 0 Å². The second kappa shape index (κ2) is 8.17. The van der Waals surface area contributed by atoms with Crippen LogP contribution in [0.15, 0.2) is 53.4 Å². The van der Waals surface area contributed by atoms with Gasteiger partial charge in [-0.15, -0.1) is 11.8 Å². The first-order valence-corrected chi connectivity index (χ1v) is 10.6. The largest absolute Gasteiger partial charge is 0.342 e. The molecule has 0 atom stereocenters. The number of hydrogen-bond acceptors (Lipinski definition) is 3. The fourth-order valence-electron chi connectivity index (χ4n) is 3.81. The molecule has 2 amide bonds. The van der Waals surface area contributed by atoms with Gasteiger partial charge in [0, 0.05) is 31.1 Å². The van der Waals surface area contributed by atoms with Gasteiger partial charge in [-0.3, -0.25) is 9.59 Å². The van der Waals surface area contributed by atoms with Crippen LogP contribution in [0.2, 0.25) is 0 Å². The summed E-state index contributed by atoms with van der Waals surface area (Å²) >= 11 is 1.48. The van der Waals surface area contributed by atoms with Gasteiger partial charge in [-0.05, 0) is 42.5 Å². The molecule has 5 heteroatoms. The van der Waals surface area contributed by atoms with E-state index in [2.05, 4.69) is 18.2 Å². The van der Waals surface area contributed by atoms with E-state index in [9.17, 15) is 9.59 Å².